The lowest BCUT2D eigenvalue weighted by molar-refractivity contribution is 0.101. The van der Waals surface area contributed by atoms with Crippen LogP contribution < -0.4 is 4.90 Å². The van der Waals surface area contributed by atoms with Crippen molar-refractivity contribution in [1.29, 1.82) is 0 Å². The van der Waals surface area contributed by atoms with Crippen LogP contribution in [0, 0.1) is 11.7 Å². The van der Waals surface area contributed by atoms with Gasteiger partial charge in [-0.3, -0.25) is 4.79 Å². The first-order valence-corrected chi connectivity index (χ1v) is 6.56. The third-order valence-electron chi connectivity index (χ3n) is 3.77. The molecule has 98 valence electrons. The fourth-order valence-electron chi connectivity index (χ4n) is 2.72. The number of Topliss-reactive ketones (excluding diaryl/α,β-unsaturated/α-hetero) is 1. The summed E-state index contributed by atoms with van der Waals surface area (Å²) in [6, 6.07) is 5.26. The minimum Gasteiger partial charge on any atom is -0.368 e. The van der Waals surface area contributed by atoms with E-state index in [-0.39, 0.29) is 11.3 Å². The molecule has 0 radical (unpaired) electrons. The number of piperidine rings is 1. The quantitative estimate of drug-likeness (QED) is 0.746. The van der Waals surface area contributed by atoms with Gasteiger partial charge in [0.1, 0.15) is 5.82 Å². The van der Waals surface area contributed by atoms with E-state index < -0.39 is 5.82 Å². The molecule has 0 aromatic heterocycles. The molecule has 2 unspecified atom stereocenters. The second-order valence-electron chi connectivity index (χ2n) is 5.37. The van der Waals surface area contributed by atoms with Crippen molar-refractivity contribution < 1.29 is 9.18 Å². The molecule has 0 amide bonds. The molecule has 0 spiro atoms. The monoisotopic (exact) mass is 249 g/mol. The minimum absolute atomic E-state index is 0.200. The lowest BCUT2D eigenvalue weighted by Crippen LogP contribution is -2.41. The van der Waals surface area contributed by atoms with E-state index in [0.717, 1.165) is 18.7 Å². The Bertz CT molecular complexity index is 458. The van der Waals surface area contributed by atoms with Crippen molar-refractivity contribution in [2.75, 3.05) is 11.4 Å². The Morgan fingerprint density at radius 2 is 2.06 bits per heavy atom. The van der Waals surface area contributed by atoms with Gasteiger partial charge in [0, 0.05) is 12.6 Å². The molecule has 2 atom stereocenters. The summed E-state index contributed by atoms with van der Waals surface area (Å²) in [7, 11) is 0. The lowest BCUT2D eigenvalue weighted by Gasteiger charge is -2.39. The first-order chi connectivity index (χ1) is 8.50. The maximum atomic E-state index is 13.8. The number of hydrogen-bond donors (Lipinski definition) is 0. The summed E-state index contributed by atoms with van der Waals surface area (Å²) < 4.78 is 13.8. The van der Waals surface area contributed by atoms with Gasteiger partial charge in [0.15, 0.2) is 5.78 Å². The number of benzene rings is 1. The van der Waals surface area contributed by atoms with Crippen molar-refractivity contribution in [1.82, 2.24) is 0 Å². The van der Waals surface area contributed by atoms with E-state index in [0.29, 0.717) is 12.0 Å². The normalized spacial score (nSPS) is 24.1. The number of ketones is 1. The van der Waals surface area contributed by atoms with Crippen LogP contribution in [0.25, 0.3) is 0 Å². The molecule has 2 nitrogen and oxygen atoms in total. The molecule has 1 aromatic rings. The molecule has 1 saturated heterocycles. The standard InChI is InChI=1S/C15H20FNO/c1-10-7-8-11(2)17(9-10)14-6-4-5-13(16)15(14)12(3)18/h4-6,10-11H,7-9H2,1-3H3. The van der Waals surface area contributed by atoms with Gasteiger partial charge in [0.2, 0.25) is 0 Å². The zero-order chi connectivity index (χ0) is 13.3. The van der Waals surface area contributed by atoms with Crippen LogP contribution in [0.2, 0.25) is 0 Å². The van der Waals surface area contributed by atoms with Crippen LogP contribution >= 0.6 is 0 Å². The summed E-state index contributed by atoms with van der Waals surface area (Å²) in [5.74, 6) is -0.0248. The Kier molecular flexibility index (Phi) is 3.69. The molecule has 1 heterocycles. The second kappa shape index (κ2) is 5.09. The van der Waals surface area contributed by atoms with E-state index in [1.165, 1.54) is 19.4 Å². The number of carbonyl (C=O) groups excluding carboxylic acids is 1. The molecule has 1 aliphatic rings. The Morgan fingerprint density at radius 3 is 2.72 bits per heavy atom. The van der Waals surface area contributed by atoms with Crippen molar-refractivity contribution >= 4 is 11.5 Å². The zero-order valence-electron chi connectivity index (χ0n) is 11.2. The van der Waals surface area contributed by atoms with Crippen molar-refractivity contribution in [3.05, 3.63) is 29.6 Å². The molecular formula is C15H20FNO. The second-order valence-corrected chi connectivity index (χ2v) is 5.37. The minimum atomic E-state index is -0.412. The van der Waals surface area contributed by atoms with Crippen molar-refractivity contribution in [2.24, 2.45) is 5.92 Å². The van der Waals surface area contributed by atoms with E-state index >= 15 is 0 Å². The average Bonchev–Trinajstić information content (AvgIpc) is 2.31. The Morgan fingerprint density at radius 1 is 1.33 bits per heavy atom. The predicted octanol–water partition coefficient (Wildman–Crippen LogP) is 3.65. The Hall–Kier alpha value is -1.38. The predicted molar refractivity (Wildman–Crippen MR) is 71.6 cm³/mol. The highest BCUT2D eigenvalue weighted by Crippen LogP contribution is 2.31. The van der Waals surface area contributed by atoms with Gasteiger partial charge in [-0.25, -0.2) is 4.39 Å². The van der Waals surface area contributed by atoms with Gasteiger partial charge in [-0.1, -0.05) is 13.0 Å². The van der Waals surface area contributed by atoms with E-state index in [2.05, 4.69) is 18.7 Å². The SMILES string of the molecule is CC(=O)c1c(F)cccc1N1CC(C)CCC1C. The summed E-state index contributed by atoms with van der Waals surface area (Å²) in [6.45, 7) is 6.66. The maximum Gasteiger partial charge on any atom is 0.164 e. The van der Waals surface area contributed by atoms with E-state index in [1.54, 1.807) is 6.07 Å². The molecule has 1 fully saturated rings. The smallest absolute Gasteiger partial charge is 0.164 e. The summed E-state index contributed by atoms with van der Waals surface area (Å²) in [6.07, 6.45) is 2.29. The molecular weight excluding hydrogens is 229 g/mol. The number of carbonyl (C=O) groups is 1. The fraction of sp³-hybridized carbons (Fsp3) is 0.533. The van der Waals surface area contributed by atoms with Crippen LogP contribution in [-0.4, -0.2) is 18.4 Å². The Labute approximate surface area is 108 Å². The highest BCUT2D eigenvalue weighted by Gasteiger charge is 2.26. The third-order valence-corrected chi connectivity index (χ3v) is 3.77. The number of nitrogens with zero attached hydrogens (tertiary/aromatic N) is 1. The number of rotatable bonds is 2. The van der Waals surface area contributed by atoms with Gasteiger partial charge in [-0.15, -0.1) is 0 Å². The van der Waals surface area contributed by atoms with Crippen molar-refractivity contribution in [3.8, 4) is 0 Å². The van der Waals surface area contributed by atoms with Crippen LogP contribution in [0.1, 0.15) is 44.0 Å². The highest BCUT2D eigenvalue weighted by atomic mass is 19.1. The van der Waals surface area contributed by atoms with Gasteiger partial charge in [-0.2, -0.15) is 0 Å². The van der Waals surface area contributed by atoms with E-state index in [4.69, 9.17) is 0 Å². The van der Waals surface area contributed by atoms with Crippen LogP contribution in [-0.2, 0) is 0 Å². The summed E-state index contributed by atoms with van der Waals surface area (Å²) in [4.78, 5) is 13.8. The molecule has 1 aromatic carbocycles. The van der Waals surface area contributed by atoms with Crippen molar-refractivity contribution in [3.63, 3.8) is 0 Å². The molecule has 3 heteroatoms. The maximum absolute atomic E-state index is 13.8. The lowest BCUT2D eigenvalue weighted by atomic mass is 9.93. The summed E-state index contributed by atoms with van der Waals surface area (Å²) >= 11 is 0. The first-order valence-electron chi connectivity index (χ1n) is 6.56. The molecule has 1 aliphatic heterocycles. The molecule has 0 N–H and O–H groups in total. The topological polar surface area (TPSA) is 20.3 Å². The largest absolute Gasteiger partial charge is 0.368 e. The summed E-state index contributed by atoms with van der Waals surface area (Å²) in [5.41, 5.74) is 0.986. The third kappa shape index (κ3) is 2.40. The number of hydrogen-bond acceptors (Lipinski definition) is 2. The number of halogens is 1. The first kappa shape index (κ1) is 13.1. The number of anilines is 1. The highest BCUT2D eigenvalue weighted by molar-refractivity contribution is 6.00. The van der Waals surface area contributed by atoms with E-state index in [1.807, 2.05) is 6.07 Å². The van der Waals surface area contributed by atoms with Gasteiger partial charge in [0.05, 0.1) is 11.3 Å². The van der Waals surface area contributed by atoms with Gasteiger partial charge < -0.3 is 4.90 Å². The van der Waals surface area contributed by atoms with Crippen molar-refractivity contribution in [2.45, 2.75) is 39.7 Å². The van der Waals surface area contributed by atoms with Gasteiger partial charge in [0.25, 0.3) is 0 Å². The van der Waals surface area contributed by atoms with Gasteiger partial charge >= 0.3 is 0 Å². The molecule has 0 aliphatic carbocycles. The van der Waals surface area contributed by atoms with Crippen LogP contribution in [0.5, 0.6) is 0 Å². The van der Waals surface area contributed by atoms with E-state index in [9.17, 15) is 9.18 Å². The van der Waals surface area contributed by atoms with Crippen LogP contribution in [0.15, 0.2) is 18.2 Å². The summed E-state index contributed by atoms with van der Waals surface area (Å²) in [5, 5.41) is 0. The average molecular weight is 249 g/mol. The molecule has 2 rings (SSSR count). The van der Waals surface area contributed by atoms with Crippen LogP contribution in [0.3, 0.4) is 0 Å². The molecule has 0 bridgehead atoms. The van der Waals surface area contributed by atoms with Gasteiger partial charge in [-0.05, 0) is 44.7 Å². The Balaban J connectivity index is 2.43. The molecule has 18 heavy (non-hydrogen) atoms. The zero-order valence-corrected chi connectivity index (χ0v) is 11.2. The molecule has 0 saturated carbocycles. The van der Waals surface area contributed by atoms with Crippen LogP contribution in [0.4, 0.5) is 10.1 Å². The fourth-order valence-corrected chi connectivity index (χ4v) is 2.72.